The number of benzene rings is 1. The van der Waals surface area contributed by atoms with Crippen LogP contribution in [0.25, 0.3) is 5.69 Å². The van der Waals surface area contributed by atoms with Crippen molar-refractivity contribution in [2.45, 2.75) is 69.6 Å². The molecule has 2 aliphatic rings. The lowest BCUT2D eigenvalue weighted by Crippen LogP contribution is -2.33. The van der Waals surface area contributed by atoms with Crippen LogP contribution in [-0.4, -0.2) is 23.4 Å². The minimum Gasteiger partial charge on any atom is -0.237 e. The number of hydrogen-bond acceptors (Lipinski definition) is 3. The summed E-state index contributed by atoms with van der Waals surface area (Å²) in [6.45, 7) is 6.61. The predicted molar refractivity (Wildman–Crippen MR) is 103 cm³/mol. The minimum atomic E-state index is -3.19. The summed E-state index contributed by atoms with van der Waals surface area (Å²) in [5.41, 5.74) is 4.60. The molecule has 4 rings (SSSR count). The maximum atomic E-state index is 12.3. The first-order valence-corrected chi connectivity index (χ1v) is 11.0. The van der Waals surface area contributed by atoms with Crippen molar-refractivity contribution in [2.75, 3.05) is 0 Å². The molecular formula is C20H27N3O2S. The number of hydrogen-bond donors (Lipinski definition) is 1. The Morgan fingerprint density at radius 1 is 1.12 bits per heavy atom. The summed E-state index contributed by atoms with van der Waals surface area (Å²) in [5.74, 6) is 0. The molecule has 140 valence electrons. The summed E-state index contributed by atoms with van der Waals surface area (Å²) in [6.07, 6.45) is 6.15. The molecule has 1 atom stereocenters. The maximum absolute atomic E-state index is 12.3. The SMILES string of the molecule is CC(C)(C)c1ccc(-n2ncc3c2CCC[C@H]3NS(=O)(=O)C2CC2)cc1. The third kappa shape index (κ3) is 3.32. The third-order valence-electron chi connectivity index (χ3n) is 5.43. The molecule has 0 saturated heterocycles. The van der Waals surface area contributed by atoms with Gasteiger partial charge in [0.2, 0.25) is 10.0 Å². The first kappa shape index (κ1) is 17.7. The van der Waals surface area contributed by atoms with Gasteiger partial charge in [-0.15, -0.1) is 0 Å². The fourth-order valence-electron chi connectivity index (χ4n) is 3.68. The van der Waals surface area contributed by atoms with Crippen molar-refractivity contribution in [1.82, 2.24) is 14.5 Å². The van der Waals surface area contributed by atoms with Gasteiger partial charge in [-0.05, 0) is 55.2 Å². The molecule has 6 heteroatoms. The van der Waals surface area contributed by atoms with E-state index in [0.717, 1.165) is 49.0 Å². The van der Waals surface area contributed by atoms with Gasteiger partial charge < -0.3 is 0 Å². The number of nitrogens with one attached hydrogen (secondary N) is 1. The van der Waals surface area contributed by atoms with Crippen LogP contribution in [0.4, 0.5) is 0 Å². The lowest BCUT2D eigenvalue weighted by Gasteiger charge is -2.24. The van der Waals surface area contributed by atoms with Gasteiger partial charge in [0.1, 0.15) is 0 Å². The van der Waals surface area contributed by atoms with E-state index in [2.05, 4.69) is 54.9 Å². The van der Waals surface area contributed by atoms with Crippen LogP contribution in [0.15, 0.2) is 30.5 Å². The Labute approximate surface area is 155 Å². The second-order valence-electron chi connectivity index (χ2n) is 8.56. The van der Waals surface area contributed by atoms with Gasteiger partial charge in [-0.2, -0.15) is 5.10 Å². The Kier molecular flexibility index (Phi) is 4.23. The highest BCUT2D eigenvalue weighted by Gasteiger charge is 2.38. The topological polar surface area (TPSA) is 64.0 Å². The van der Waals surface area contributed by atoms with E-state index in [1.807, 2.05) is 10.9 Å². The number of sulfonamides is 1. The molecular weight excluding hydrogens is 346 g/mol. The molecule has 0 spiro atoms. The highest BCUT2D eigenvalue weighted by atomic mass is 32.2. The lowest BCUT2D eigenvalue weighted by molar-refractivity contribution is 0.501. The van der Waals surface area contributed by atoms with E-state index in [1.54, 1.807) is 0 Å². The number of aromatic nitrogens is 2. The van der Waals surface area contributed by atoms with Crippen molar-refractivity contribution in [3.63, 3.8) is 0 Å². The van der Waals surface area contributed by atoms with E-state index in [0.29, 0.717) is 0 Å². The molecule has 0 bridgehead atoms. The van der Waals surface area contributed by atoms with Crippen molar-refractivity contribution in [1.29, 1.82) is 0 Å². The van der Waals surface area contributed by atoms with E-state index < -0.39 is 10.0 Å². The summed E-state index contributed by atoms with van der Waals surface area (Å²) in [4.78, 5) is 0. The lowest BCUT2D eigenvalue weighted by atomic mass is 9.87. The van der Waals surface area contributed by atoms with Gasteiger partial charge in [-0.1, -0.05) is 32.9 Å². The second kappa shape index (κ2) is 6.20. The molecule has 1 N–H and O–H groups in total. The normalized spacial score (nSPS) is 20.8. The van der Waals surface area contributed by atoms with Gasteiger partial charge in [0.15, 0.2) is 0 Å². The van der Waals surface area contributed by atoms with Crippen LogP contribution < -0.4 is 4.72 Å². The van der Waals surface area contributed by atoms with Crippen molar-refractivity contribution in [3.05, 3.63) is 47.3 Å². The van der Waals surface area contributed by atoms with Crippen LogP contribution in [0.3, 0.4) is 0 Å². The van der Waals surface area contributed by atoms with Gasteiger partial charge in [0.05, 0.1) is 23.2 Å². The molecule has 2 aliphatic carbocycles. The zero-order valence-corrected chi connectivity index (χ0v) is 16.5. The van der Waals surface area contributed by atoms with Crippen LogP contribution in [-0.2, 0) is 21.9 Å². The zero-order valence-electron chi connectivity index (χ0n) is 15.7. The van der Waals surface area contributed by atoms with Gasteiger partial charge >= 0.3 is 0 Å². The van der Waals surface area contributed by atoms with Gasteiger partial charge in [0.25, 0.3) is 0 Å². The largest absolute Gasteiger partial charge is 0.237 e. The van der Waals surface area contributed by atoms with Crippen molar-refractivity contribution >= 4 is 10.0 Å². The standard InChI is InChI=1S/C20H27N3O2S/c1-20(2,3)14-7-9-15(10-8-14)23-19-6-4-5-18(17(19)13-21-23)22-26(24,25)16-11-12-16/h7-10,13,16,18,22H,4-6,11-12H2,1-3H3/t18-/m1/s1. The molecule has 1 saturated carbocycles. The smallest absolute Gasteiger partial charge is 0.215 e. The van der Waals surface area contributed by atoms with E-state index in [9.17, 15) is 8.42 Å². The van der Waals surface area contributed by atoms with Gasteiger partial charge in [-0.3, -0.25) is 0 Å². The van der Waals surface area contributed by atoms with Crippen molar-refractivity contribution in [3.8, 4) is 5.69 Å². The second-order valence-corrected chi connectivity index (χ2v) is 10.6. The van der Waals surface area contributed by atoms with Crippen LogP contribution in [0.2, 0.25) is 0 Å². The molecule has 0 unspecified atom stereocenters. The molecule has 0 aliphatic heterocycles. The van der Waals surface area contributed by atoms with Crippen molar-refractivity contribution in [2.24, 2.45) is 0 Å². The van der Waals surface area contributed by atoms with E-state index in [1.165, 1.54) is 5.56 Å². The number of nitrogens with zero attached hydrogens (tertiary/aromatic N) is 2. The highest BCUT2D eigenvalue weighted by molar-refractivity contribution is 7.90. The summed E-state index contributed by atoms with van der Waals surface area (Å²) in [7, 11) is -3.19. The fraction of sp³-hybridized carbons (Fsp3) is 0.550. The molecule has 1 fully saturated rings. The van der Waals surface area contributed by atoms with E-state index in [4.69, 9.17) is 0 Å². The summed E-state index contributed by atoms with van der Waals surface area (Å²) >= 11 is 0. The number of rotatable bonds is 4. The zero-order chi connectivity index (χ0) is 18.5. The molecule has 1 aromatic carbocycles. The Hall–Kier alpha value is -1.66. The quantitative estimate of drug-likeness (QED) is 0.890. The van der Waals surface area contributed by atoms with Gasteiger partial charge in [0, 0.05) is 11.3 Å². The predicted octanol–water partition coefficient (Wildman–Crippen LogP) is 3.63. The van der Waals surface area contributed by atoms with Crippen LogP contribution in [0.5, 0.6) is 0 Å². The summed E-state index contributed by atoms with van der Waals surface area (Å²) < 4.78 is 29.6. The molecule has 1 heterocycles. The fourth-order valence-corrected chi connectivity index (χ4v) is 5.27. The Bertz CT molecular complexity index is 904. The highest BCUT2D eigenvalue weighted by Crippen LogP contribution is 2.35. The minimum absolute atomic E-state index is 0.119. The Morgan fingerprint density at radius 3 is 2.42 bits per heavy atom. The van der Waals surface area contributed by atoms with E-state index >= 15 is 0 Å². The molecule has 2 aromatic rings. The Balaban J connectivity index is 1.62. The number of fused-ring (bicyclic) bond motifs is 1. The monoisotopic (exact) mass is 373 g/mol. The third-order valence-corrected chi connectivity index (χ3v) is 7.39. The summed E-state index contributed by atoms with van der Waals surface area (Å²) in [6, 6.07) is 8.36. The molecule has 5 nitrogen and oxygen atoms in total. The van der Waals surface area contributed by atoms with E-state index in [-0.39, 0.29) is 16.7 Å². The average Bonchev–Trinajstić information content (AvgIpc) is 3.35. The maximum Gasteiger partial charge on any atom is 0.215 e. The van der Waals surface area contributed by atoms with Crippen LogP contribution in [0, 0.1) is 0 Å². The average molecular weight is 374 g/mol. The first-order chi connectivity index (χ1) is 12.3. The van der Waals surface area contributed by atoms with Crippen molar-refractivity contribution < 1.29 is 8.42 Å². The summed E-state index contributed by atoms with van der Waals surface area (Å²) in [5, 5.41) is 4.40. The molecule has 0 radical (unpaired) electrons. The van der Waals surface area contributed by atoms with Gasteiger partial charge in [-0.25, -0.2) is 17.8 Å². The first-order valence-electron chi connectivity index (χ1n) is 9.44. The van der Waals surface area contributed by atoms with Crippen LogP contribution >= 0.6 is 0 Å². The Morgan fingerprint density at radius 2 is 1.81 bits per heavy atom. The molecule has 26 heavy (non-hydrogen) atoms. The molecule has 1 aromatic heterocycles. The van der Waals surface area contributed by atoms with Crippen LogP contribution in [0.1, 0.15) is 69.3 Å². The molecule has 0 amide bonds.